The van der Waals surface area contributed by atoms with E-state index >= 15 is 0 Å². The minimum atomic E-state index is -0.696. The zero-order valence-electron chi connectivity index (χ0n) is 16.2. The lowest BCUT2D eigenvalue weighted by atomic mass is 10.1. The highest BCUT2D eigenvalue weighted by Crippen LogP contribution is 2.37. The number of benzene rings is 2. The fourth-order valence-electron chi connectivity index (χ4n) is 2.70. The van der Waals surface area contributed by atoms with Gasteiger partial charge in [-0.05, 0) is 36.8 Å². The van der Waals surface area contributed by atoms with E-state index < -0.39 is 12.6 Å². The number of rotatable bonds is 8. The molecule has 0 amide bonds. The monoisotopic (exact) mass is 420 g/mol. The van der Waals surface area contributed by atoms with Crippen LogP contribution in [-0.2, 0) is 4.74 Å². The molecule has 0 radical (unpaired) electrons. The number of halogens is 1. The summed E-state index contributed by atoms with van der Waals surface area (Å²) in [5.41, 5.74) is 0.520. The van der Waals surface area contributed by atoms with Crippen LogP contribution in [0, 0.1) is 0 Å². The second-order valence-corrected chi connectivity index (χ2v) is 6.60. The summed E-state index contributed by atoms with van der Waals surface area (Å²) >= 11 is 6.21. The third-order valence-electron chi connectivity index (χ3n) is 4.11. The first-order chi connectivity index (χ1) is 14.0. The van der Waals surface area contributed by atoms with Gasteiger partial charge in [0.25, 0.3) is 0 Å². The van der Waals surface area contributed by atoms with Crippen molar-refractivity contribution in [1.82, 2.24) is 0 Å². The molecule has 0 spiro atoms. The molecule has 2 aromatic rings. The molecule has 154 valence electrons. The van der Waals surface area contributed by atoms with E-state index in [2.05, 4.69) is 0 Å². The van der Waals surface area contributed by atoms with Crippen LogP contribution in [0.2, 0.25) is 5.02 Å². The van der Waals surface area contributed by atoms with E-state index in [1.165, 1.54) is 19.2 Å². The maximum atomic E-state index is 12.4. The number of ether oxygens (including phenoxy) is 5. The summed E-state index contributed by atoms with van der Waals surface area (Å²) in [6.07, 6.45) is 0.797. The maximum absolute atomic E-state index is 12.4. The molecule has 0 aromatic heterocycles. The molecular formula is C21H21ClO7. The minimum Gasteiger partial charge on any atom is -0.493 e. The lowest BCUT2D eigenvalue weighted by Gasteiger charge is -2.18. The van der Waals surface area contributed by atoms with E-state index in [0.29, 0.717) is 48.4 Å². The lowest BCUT2D eigenvalue weighted by molar-refractivity contribution is 0.0474. The summed E-state index contributed by atoms with van der Waals surface area (Å²) in [4.78, 5) is 24.8. The molecule has 1 aliphatic rings. The number of fused-ring (bicyclic) bond motifs is 1. The Morgan fingerprint density at radius 2 is 1.83 bits per heavy atom. The summed E-state index contributed by atoms with van der Waals surface area (Å²) in [5, 5.41) is 0.225. The average molecular weight is 421 g/mol. The summed E-state index contributed by atoms with van der Waals surface area (Å²) in [7, 11) is 1.45. The molecule has 3 rings (SSSR count). The molecule has 2 aromatic carbocycles. The molecule has 7 nitrogen and oxygen atoms in total. The van der Waals surface area contributed by atoms with Crippen molar-refractivity contribution in [3.63, 3.8) is 0 Å². The number of hydrogen-bond acceptors (Lipinski definition) is 7. The minimum absolute atomic E-state index is 0.158. The molecule has 8 heteroatoms. The quantitative estimate of drug-likeness (QED) is 0.472. The van der Waals surface area contributed by atoms with Gasteiger partial charge in [0.15, 0.2) is 35.4 Å². The number of ketones is 1. The van der Waals surface area contributed by atoms with E-state index in [9.17, 15) is 9.59 Å². The van der Waals surface area contributed by atoms with Crippen molar-refractivity contribution in [3.05, 3.63) is 46.5 Å². The highest BCUT2D eigenvalue weighted by Gasteiger charge is 2.19. The zero-order valence-corrected chi connectivity index (χ0v) is 16.9. The lowest BCUT2D eigenvalue weighted by Crippen LogP contribution is -2.17. The normalized spacial score (nSPS) is 12.2. The van der Waals surface area contributed by atoms with Gasteiger partial charge in [-0.2, -0.15) is 0 Å². The van der Waals surface area contributed by atoms with Crippen molar-refractivity contribution in [1.29, 1.82) is 0 Å². The van der Waals surface area contributed by atoms with Crippen LogP contribution in [0.3, 0.4) is 0 Å². The van der Waals surface area contributed by atoms with Crippen molar-refractivity contribution < 1.29 is 33.3 Å². The Balaban J connectivity index is 1.67. The Kier molecular flexibility index (Phi) is 6.82. The van der Waals surface area contributed by atoms with Gasteiger partial charge in [-0.15, -0.1) is 0 Å². The highest BCUT2D eigenvalue weighted by molar-refractivity contribution is 6.32. The van der Waals surface area contributed by atoms with E-state index in [4.69, 9.17) is 35.3 Å². The molecule has 0 aliphatic carbocycles. The number of carbonyl (C=O) groups excluding carboxylic acids is 2. The number of methoxy groups -OCH3 is 1. The van der Waals surface area contributed by atoms with Crippen molar-refractivity contribution in [3.8, 4) is 23.0 Å². The Morgan fingerprint density at radius 1 is 1.07 bits per heavy atom. The number of carbonyl (C=O) groups is 2. The van der Waals surface area contributed by atoms with Crippen LogP contribution in [-0.4, -0.2) is 45.3 Å². The van der Waals surface area contributed by atoms with Crippen LogP contribution in [0.1, 0.15) is 34.1 Å². The molecule has 0 saturated heterocycles. The molecule has 0 fully saturated rings. The maximum Gasteiger partial charge on any atom is 0.338 e. The largest absolute Gasteiger partial charge is 0.493 e. The van der Waals surface area contributed by atoms with Crippen LogP contribution in [0.5, 0.6) is 23.0 Å². The molecule has 0 saturated carbocycles. The van der Waals surface area contributed by atoms with Gasteiger partial charge in [0.1, 0.15) is 13.2 Å². The van der Waals surface area contributed by atoms with Gasteiger partial charge in [0.05, 0.1) is 24.3 Å². The van der Waals surface area contributed by atoms with Crippen molar-refractivity contribution in [2.75, 3.05) is 33.5 Å². The molecule has 1 aliphatic heterocycles. The first kappa shape index (κ1) is 20.8. The Labute approximate surface area is 173 Å². The smallest absolute Gasteiger partial charge is 0.338 e. The highest BCUT2D eigenvalue weighted by atomic mass is 35.5. The predicted molar refractivity (Wildman–Crippen MR) is 106 cm³/mol. The van der Waals surface area contributed by atoms with Gasteiger partial charge in [0.2, 0.25) is 0 Å². The van der Waals surface area contributed by atoms with Crippen LogP contribution in [0.15, 0.2) is 30.3 Å². The molecule has 0 atom stereocenters. The first-order valence-corrected chi connectivity index (χ1v) is 9.51. The zero-order chi connectivity index (χ0) is 20.8. The molecule has 29 heavy (non-hydrogen) atoms. The third kappa shape index (κ3) is 4.92. The summed E-state index contributed by atoms with van der Waals surface area (Å²) < 4.78 is 26.8. The van der Waals surface area contributed by atoms with Gasteiger partial charge in [-0.1, -0.05) is 18.5 Å². The fraction of sp³-hybridized carbons (Fsp3) is 0.333. The number of esters is 1. The fourth-order valence-corrected chi connectivity index (χ4v) is 2.96. The van der Waals surface area contributed by atoms with E-state index in [-0.39, 0.29) is 16.4 Å². The van der Waals surface area contributed by atoms with Crippen LogP contribution in [0.4, 0.5) is 0 Å². The first-order valence-electron chi connectivity index (χ1n) is 9.13. The topological polar surface area (TPSA) is 80.3 Å². The molecule has 0 bridgehead atoms. The van der Waals surface area contributed by atoms with Gasteiger partial charge in [-0.25, -0.2) is 4.79 Å². The van der Waals surface area contributed by atoms with Crippen molar-refractivity contribution in [2.24, 2.45) is 0 Å². The molecular weight excluding hydrogens is 400 g/mol. The Bertz CT molecular complexity index is 910. The average Bonchev–Trinajstić information content (AvgIpc) is 2.75. The standard InChI is InChI=1S/C21H21ClO7/c1-3-6-28-20-15(22)9-14(11-19(20)25-2)21(24)29-12-16(23)13-4-5-17-18(10-13)27-8-7-26-17/h4-5,9-11H,3,6-8,12H2,1-2H3. The second-order valence-electron chi connectivity index (χ2n) is 6.20. The van der Waals surface area contributed by atoms with Gasteiger partial charge < -0.3 is 23.7 Å². The Hall–Kier alpha value is -2.93. The third-order valence-corrected chi connectivity index (χ3v) is 4.39. The van der Waals surface area contributed by atoms with Gasteiger partial charge in [0, 0.05) is 5.56 Å². The molecule has 0 N–H and O–H groups in total. The predicted octanol–water partition coefficient (Wildman–Crippen LogP) is 3.95. The van der Waals surface area contributed by atoms with Crippen LogP contribution in [0.25, 0.3) is 0 Å². The number of Topliss-reactive ketones (excluding diaryl/α,β-unsaturated/α-hetero) is 1. The summed E-state index contributed by atoms with van der Waals surface area (Å²) in [6.45, 7) is 2.88. The molecule has 1 heterocycles. The van der Waals surface area contributed by atoms with E-state index in [1.54, 1.807) is 18.2 Å². The van der Waals surface area contributed by atoms with Crippen molar-refractivity contribution in [2.45, 2.75) is 13.3 Å². The van der Waals surface area contributed by atoms with Gasteiger partial charge >= 0.3 is 5.97 Å². The summed E-state index contributed by atoms with van der Waals surface area (Å²) in [6, 6.07) is 7.72. The van der Waals surface area contributed by atoms with Crippen LogP contribution < -0.4 is 18.9 Å². The Morgan fingerprint density at radius 3 is 2.55 bits per heavy atom. The second kappa shape index (κ2) is 9.52. The number of hydrogen-bond donors (Lipinski definition) is 0. The van der Waals surface area contributed by atoms with E-state index in [1.807, 2.05) is 6.92 Å². The SMILES string of the molecule is CCCOc1c(Cl)cc(C(=O)OCC(=O)c2ccc3c(c2)OCCO3)cc1OC. The van der Waals surface area contributed by atoms with Crippen LogP contribution >= 0.6 is 11.6 Å². The van der Waals surface area contributed by atoms with E-state index in [0.717, 1.165) is 6.42 Å². The van der Waals surface area contributed by atoms with Gasteiger partial charge in [-0.3, -0.25) is 4.79 Å². The summed E-state index contributed by atoms with van der Waals surface area (Å²) in [5.74, 6) is 0.690. The molecule has 0 unspecified atom stereocenters. The van der Waals surface area contributed by atoms with Crippen molar-refractivity contribution >= 4 is 23.4 Å².